The molecule has 3 rings (SSSR count). The van der Waals surface area contributed by atoms with Gasteiger partial charge in [-0.05, 0) is 5.56 Å². The molecule has 0 aliphatic carbocycles. The number of anilines is 1. The second-order valence-corrected chi connectivity index (χ2v) is 4.32. The number of nitrogens with zero attached hydrogens (tertiary/aromatic N) is 3. The van der Waals surface area contributed by atoms with Crippen molar-refractivity contribution in [3.05, 3.63) is 58.0 Å². The molecule has 0 saturated carbocycles. The third kappa shape index (κ3) is 2.46. The first-order valence-corrected chi connectivity index (χ1v) is 6.15. The molecular weight excluding hydrogens is 274 g/mol. The Morgan fingerprint density at radius 2 is 2.10 bits per heavy atom. The number of aromatic nitrogens is 4. The van der Waals surface area contributed by atoms with Gasteiger partial charge >= 0.3 is 5.97 Å². The molecular formula is C13H11N5O3. The number of rotatable bonds is 4. The van der Waals surface area contributed by atoms with Crippen LogP contribution in [0.1, 0.15) is 15.9 Å². The molecule has 3 aromatic rings. The number of hydrogen-bond donors (Lipinski definition) is 3. The average Bonchev–Trinajstić information content (AvgIpc) is 2.90. The molecule has 2 aromatic heterocycles. The van der Waals surface area contributed by atoms with E-state index < -0.39 is 11.5 Å². The van der Waals surface area contributed by atoms with Gasteiger partial charge in [0.2, 0.25) is 11.7 Å². The average molecular weight is 285 g/mol. The van der Waals surface area contributed by atoms with E-state index in [2.05, 4.69) is 20.4 Å². The van der Waals surface area contributed by atoms with Gasteiger partial charge in [-0.1, -0.05) is 30.3 Å². The van der Waals surface area contributed by atoms with E-state index in [0.29, 0.717) is 6.54 Å². The van der Waals surface area contributed by atoms with Gasteiger partial charge in [0.15, 0.2) is 0 Å². The first-order valence-electron chi connectivity index (χ1n) is 6.15. The van der Waals surface area contributed by atoms with Crippen LogP contribution in [0.5, 0.6) is 0 Å². The minimum atomic E-state index is -1.31. The maximum Gasteiger partial charge on any atom is 0.342 e. The van der Waals surface area contributed by atoms with Crippen molar-refractivity contribution in [3.8, 4) is 0 Å². The van der Waals surface area contributed by atoms with Gasteiger partial charge in [-0.25, -0.2) is 4.79 Å². The molecule has 0 unspecified atom stereocenters. The van der Waals surface area contributed by atoms with Crippen LogP contribution < -0.4 is 10.9 Å². The summed E-state index contributed by atoms with van der Waals surface area (Å²) in [6, 6.07) is 9.62. The third-order valence-electron chi connectivity index (χ3n) is 2.90. The van der Waals surface area contributed by atoms with Crippen molar-refractivity contribution in [2.75, 3.05) is 5.32 Å². The van der Waals surface area contributed by atoms with E-state index in [1.165, 1.54) is 0 Å². The highest BCUT2D eigenvalue weighted by Crippen LogP contribution is 2.05. The summed E-state index contributed by atoms with van der Waals surface area (Å²) in [5.41, 5.74) is -0.0765. The van der Waals surface area contributed by atoms with Crippen molar-refractivity contribution in [1.82, 2.24) is 19.6 Å². The molecule has 0 saturated heterocycles. The Labute approximate surface area is 118 Å². The van der Waals surface area contributed by atoms with Gasteiger partial charge in [0.25, 0.3) is 5.56 Å². The van der Waals surface area contributed by atoms with Crippen LogP contribution in [0.2, 0.25) is 0 Å². The van der Waals surface area contributed by atoms with E-state index in [-0.39, 0.29) is 17.3 Å². The number of benzene rings is 1. The van der Waals surface area contributed by atoms with Crippen LogP contribution in [0, 0.1) is 0 Å². The lowest BCUT2D eigenvalue weighted by Crippen LogP contribution is -2.23. The molecule has 0 atom stereocenters. The summed E-state index contributed by atoms with van der Waals surface area (Å²) in [4.78, 5) is 29.5. The van der Waals surface area contributed by atoms with Crippen molar-refractivity contribution >= 4 is 17.7 Å². The number of fused-ring (bicyclic) bond motifs is 1. The number of carboxylic acids is 1. The smallest absolute Gasteiger partial charge is 0.342 e. The van der Waals surface area contributed by atoms with E-state index in [1.54, 1.807) is 0 Å². The molecule has 3 N–H and O–H groups in total. The van der Waals surface area contributed by atoms with Crippen LogP contribution >= 0.6 is 0 Å². The van der Waals surface area contributed by atoms with E-state index in [1.807, 2.05) is 30.3 Å². The zero-order chi connectivity index (χ0) is 14.8. The van der Waals surface area contributed by atoms with Crippen LogP contribution in [0.3, 0.4) is 0 Å². The summed E-state index contributed by atoms with van der Waals surface area (Å²) in [7, 11) is 0. The molecule has 0 radical (unpaired) electrons. The molecule has 0 bridgehead atoms. The van der Waals surface area contributed by atoms with Crippen molar-refractivity contribution in [3.63, 3.8) is 0 Å². The summed E-state index contributed by atoms with van der Waals surface area (Å²) in [5.74, 6) is -0.886. The highest BCUT2D eigenvalue weighted by atomic mass is 16.4. The van der Waals surface area contributed by atoms with Gasteiger partial charge in [0.1, 0.15) is 5.56 Å². The summed E-state index contributed by atoms with van der Waals surface area (Å²) < 4.78 is 0.927. The number of hydrogen-bond acceptors (Lipinski definition) is 5. The molecule has 8 heteroatoms. The fraction of sp³-hybridized carbons (Fsp3) is 0.0769. The quantitative estimate of drug-likeness (QED) is 0.651. The molecule has 1 aromatic carbocycles. The van der Waals surface area contributed by atoms with Gasteiger partial charge in [-0.3, -0.25) is 4.79 Å². The van der Waals surface area contributed by atoms with Gasteiger partial charge in [-0.2, -0.15) is 9.50 Å². The van der Waals surface area contributed by atoms with Crippen LogP contribution in [0.25, 0.3) is 5.78 Å². The Kier molecular flexibility index (Phi) is 3.11. The van der Waals surface area contributed by atoms with Crippen molar-refractivity contribution in [1.29, 1.82) is 0 Å². The highest BCUT2D eigenvalue weighted by molar-refractivity contribution is 5.86. The topological polar surface area (TPSA) is 112 Å². The number of aromatic amines is 1. The van der Waals surface area contributed by atoms with Gasteiger partial charge < -0.3 is 15.4 Å². The SMILES string of the molecule is O=C(O)c1c[nH]c2nc(NCc3ccccc3)nn2c1=O. The van der Waals surface area contributed by atoms with Gasteiger partial charge in [0, 0.05) is 12.7 Å². The van der Waals surface area contributed by atoms with Crippen molar-refractivity contribution < 1.29 is 9.90 Å². The van der Waals surface area contributed by atoms with E-state index in [4.69, 9.17) is 5.11 Å². The van der Waals surface area contributed by atoms with Crippen LogP contribution in [-0.2, 0) is 6.54 Å². The summed E-state index contributed by atoms with van der Waals surface area (Å²) in [6.07, 6.45) is 1.11. The zero-order valence-corrected chi connectivity index (χ0v) is 10.8. The molecule has 0 amide bonds. The number of nitrogens with one attached hydrogen (secondary N) is 2. The Morgan fingerprint density at radius 1 is 1.33 bits per heavy atom. The minimum Gasteiger partial charge on any atom is -0.477 e. The van der Waals surface area contributed by atoms with Crippen LogP contribution in [0.4, 0.5) is 5.95 Å². The van der Waals surface area contributed by atoms with Crippen LogP contribution in [0.15, 0.2) is 41.3 Å². The number of aromatic carboxylic acids is 1. The van der Waals surface area contributed by atoms with Crippen molar-refractivity contribution in [2.24, 2.45) is 0 Å². The van der Waals surface area contributed by atoms with E-state index in [0.717, 1.165) is 16.3 Å². The normalized spacial score (nSPS) is 10.7. The molecule has 0 aliphatic rings. The minimum absolute atomic E-state index is 0.181. The fourth-order valence-electron chi connectivity index (χ4n) is 1.86. The Hall–Kier alpha value is -3.16. The highest BCUT2D eigenvalue weighted by Gasteiger charge is 2.14. The zero-order valence-electron chi connectivity index (χ0n) is 10.8. The molecule has 0 aliphatic heterocycles. The fourth-order valence-corrected chi connectivity index (χ4v) is 1.86. The maximum absolute atomic E-state index is 11.9. The summed E-state index contributed by atoms with van der Waals surface area (Å²) in [6.45, 7) is 0.498. The Balaban J connectivity index is 1.89. The standard InChI is InChI=1S/C13H11N5O3/c19-10-9(11(20)21)7-15-13-16-12(17-18(10)13)14-6-8-4-2-1-3-5-8/h1-5,7H,6H2,(H,20,21)(H2,14,15,16,17). The molecule has 0 spiro atoms. The monoisotopic (exact) mass is 285 g/mol. The number of carboxylic acid groups (broad SMARTS) is 1. The predicted molar refractivity (Wildman–Crippen MR) is 74.3 cm³/mol. The second-order valence-electron chi connectivity index (χ2n) is 4.32. The lowest BCUT2D eigenvalue weighted by atomic mass is 10.2. The Bertz CT molecular complexity index is 853. The number of carbonyl (C=O) groups is 1. The van der Waals surface area contributed by atoms with E-state index in [9.17, 15) is 9.59 Å². The molecule has 106 valence electrons. The number of H-pyrrole nitrogens is 1. The lowest BCUT2D eigenvalue weighted by molar-refractivity contribution is 0.0694. The molecule has 21 heavy (non-hydrogen) atoms. The van der Waals surface area contributed by atoms with Crippen molar-refractivity contribution in [2.45, 2.75) is 6.54 Å². The molecule has 0 fully saturated rings. The van der Waals surface area contributed by atoms with Gasteiger partial charge in [-0.15, -0.1) is 5.10 Å². The predicted octanol–water partition coefficient (Wildman–Crippen LogP) is 0.728. The first kappa shape index (κ1) is 12.9. The summed E-state index contributed by atoms with van der Waals surface area (Å²) in [5, 5.41) is 15.8. The second kappa shape index (κ2) is 5.08. The largest absolute Gasteiger partial charge is 0.477 e. The van der Waals surface area contributed by atoms with Gasteiger partial charge in [0.05, 0.1) is 0 Å². The van der Waals surface area contributed by atoms with Crippen LogP contribution in [-0.4, -0.2) is 30.7 Å². The molecule has 8 nitrogen and oxygen atoms in total. The molecule has 2 heterocycles. The Morgan fingerprint density at radius 3 is 2.81 bits per heavy atom. The van der Waals surface area contributed by atoms with E-state index >= 15 is 0 Å². The third-order valence-corrected chi connectivity index (χ3v) is 2.90. The lowest BCUT2D eigenvalue weighted by Gasteiger charge is -2.00. The summed E-state index contributed by atoms with van der Waals surface area (Å²) >= 11 is 0. The first-order chi connectivity index (χ1) is 10.1. The maximum atomic E-state index is 11.9.